The number of hydrogen-bond donors (Lipinski definition) is 0. The van der Waals surface area contributed by atoms with Crippen LogP contribution in [0.5, 0.6) is 0 Å². The highest BCUT2D eigenvalue weighted by atomic mass is 35.5. The van der Waals surface area contributed by atoms with E-state index in [4.69, 9.17) is 16.0 Å². The van der Waals surface area contributed by atoms with Crippen molar-refractivity contribution in [3.8, 4) is 0 Å². The summed E-state index contributed by atoms with van der Waals surface area (Å²) < 4.78 is 5.13. The Bertz CT molecular complexity index is 500. The molecule has 2 aromatic rings. The van der Waals surface area contributed by atoms with Crippen molar-refractivity contribution < 1.29 is 4.42 Å². The van der Waals surface area contributed by atoms with E-state index in [1.165, 1.54) is 16.7 Å². The van der Waals surface area contributed by atoms with Gasteiger partial charge < -0.3 is 4.42 Å². The zero-order valence-corrected chi connectivity index (χ0v) is 11.9. The lowest BCUT2D eigenvalue weighted by Crippen LogP contribution is -2.00. The number of furan rings is 1. The van der Waals surface area contributed by atoms with Crippen molar-refractivity contribution in [1.29, 1.82) is 0 Å². The Balaban J connectivity index is 2.22. The summed E-state index contributed by atoms with van der Waals surface area (Å²) in [5, 5.41) is 0.919. The maximum Gasteiger partial charge on any atom is 0.0937 e. The standard InChI is InChI=1S/C16H19ClO/c1-11(2)15-6-4-5-13(16(15)17)9-12(3)14-7-8-18-10-14/h4-8,10-12H,9H2,1-3H3. The smallest absolute Gasteiger partial charge is 0.0937 e. The molecule has 0 saturated carbocycles. The van der Waals surface area contributed by atoms with Crippen molar-refractivity contribution in [1.82, 2.24) is 0 Å². The maximum atomic E-state index is 6.49. The molecule has 1 aromatic carbocycles. The molecule has 2 rings (SSSR count). The second kappa shape index (κ2) is 5.62. The van der Waals surface area contributed by atoms with E-state index in [-0.39, 0.29) is 0 Å². The highest BCUT2D eigenvalue weighted by Gasteiger charge is 2.13. The summed E-state index contributed by atoms with van der Waals surface area (Å²) in [6, 6.07) is 8.34. The molecule has 1 heterocycles. The molecule has 0 aliphatic rings. The number of halogens is 1. The summed E-state index contributed by atoms with van der Waals surface area (Å²) in [6.45, 7) is 6.54. The first kappa shape index (κ1) is 13.2. The molecule has 0 aliphatic heterocycles. The van der Waals surface area contributed by atoms with Gasteiger partial charge in [-0.05, 0) is 41.0 Å². The van der Waals surface area contributed by atoms with Crippen molar-refractivity contribution >= 4 is 11.6 Å². The number of rotatable bonds is 4. The zero-order chi connectivity index (χ0) is 13.1. The van der Waals surface area contributed by atoms with Crippen molar-refractivity contribution in [3.05, 3.63) is 58.5 Å². The van der Waals surface area contributed by atoms with Crippen molar-refractivity contribution in [2.24, 2.45) is 0 Å². The van der Waals surface area contributed by atoms with Gasteiger partial charge in [-0.25, -0.2) is 0 Å². The van der Waals surface area contributed by atoms with Gasteiger partial charge in [-0.3, -0.25) is 0 Å². The lowest BCUT2D eigenvalue weighted by molar-refractivity contribution is 0.560. The Morgan fingerprint density at radius 1 is 1.17 bits per heavy atom. The summed E-state index contributed by atoms with van der Waals surface area (Å²) in [4.78, 5) is 0. The SMILES string of the molecule is CC(C)c1cccc(CC(C)c2ccoc2)c1Cl. The molecule has 1 nitrogen and oxygen atoms in total. The fraction of sp³-hybridized carbons (Fsp3) is 0.375. The van der Waals surface area contributed by atoms with E-state index in [0.29, 0.717) is 11.8 Å². The quantitative estimate of drug-likeness (QED) is 0.719. The van der Waals surface area contributed by atoms with E-state index in [1.54, 1.807) is 6.26 Å². The Kier molecular flexibility index (Phi) is 4.13. The molecule has 18 heavy (non-hydrogen) atoms. The van der Waals surface area contributed by atoms with Crippen molar-refractivity contribution in [2.45, 2.75) is 39.0 Å². The fourth-order valence-electron chi connectivity index (χ4n) is 2.21. The third kappa shape index (κ3) is 2.78. The molecule has 1 aromatic heterocycles. The predicted molar refractivity (Wildman–Crippen MR) is 76.4 cm³/mol. The minimum atomic E-state index is 0.420. The second-order valence-corrected chi connectivity index (χ2v) is 5.51. The highest BCUT2D eigenvalue weighted by molar-refractivity contribution is 6.32. The van der Waals surface area contributed by atoms with E-state index in [2.05, 4.69) is 39.0 Å². The minimum Gasteiger partial charge on any atom is -0.472 e. The van der Waals surface area contributed by atoms with Crippen LogP contribution in [-0.4, -0.2) is 0 Å². The molecular weight excluding hydrogens is 244 g/mol. The van der Waals surface area contributed by atoms with E-state index in [0.717, 1.165) is 11.4 Å². The van der Waals surface area contributed by atoms with Gasteiger partial charge in [0.2, 0.25) is 0 Å². The normalized spacial score (nSPS) is 12.9. The summed E-state index contributed by atoms with van der Waals surface area (Å²) >= 11 is 6.49. The predicted octanol–water partition coefficient (Wildman–Crippen LogP) is 5.40. The van der Waals surface area contributed by atoms with Gasteiger partial charge in [0.05, 0.1) is 12.5 Å². The number of hydrogen-bond acceptors (Lipinski definition) is 1. The molecule has 0 amide bonds. The molecular formula is C16H19ClO. The lowest BCUT2D eigenvalue weighted by Gasteiger charge is -2.15. The molecule has 0 radical (unpaired) electrons. The van der Waals surface area contributed by atoms with Crippen LogP contribution in [0, 0.1) is 0 Å². The summed E-state index contributed by atoms with van der Waals surface area (Å²) in [5.41, 5.74) is 3.67. The molecule has 0 spiro atoms. The van der Waals surface area contributed by atoms with Gasteiger partial charge in [0.25, 0.3) is 0 Å². The third-order valence-electron chi connectivity index (χ3n) is 3.37. The van der Waals surface area contributed by atoms with Crippen LogP contribution in [0.4, 0.5) is 0 Å². The van der Waals surface area contributed by atoms with Crippen LogP contribution in [0.25, 0.3) is 0 Å². The molecule has 0 aliphatic carbocycles. The van der Waals surface area contributed by atoms with Gasteiger partial charge in [0.1, 0.15) is 0 Å². The monoisotopic (exact) mass is 262 g/mol. The van der Waals surface area contributed by atoms with E-state index in [9.17, 15) is 0 Å². The third-order valence-corrected chi connectivity index (χ3v) is 3.83. The minimum absolute atomic E-state index is 0.420. The van der Waals surface area contributed by atoms with Gasteiger partial charge in [0.15, 0.2) is 0 Å². The van der Waals surface area contributed by atoms with Crippen LogP contribution in [0.1, 0.15) is 49.3 Å². The molecule has 1 atom stereocenters. The van der Waals surface area contributed by atoms with Gasteiger partial charge in [0, 0.05) is 5.02 Å². The van der Waals surface area contributed by atoms with E-state index in [1.807, 2.05) is 12.3 Å². The van der Waals surface area contributed by atoms with Crippen LogP contribution in [-0.2, 0) is 6.42 Å². The first-order valence-electron chi connectivity index (χ1n) is 6.39. The Hall–Kier alpha value is -1.21. The van der Waals surface area contributed by atoms with Crippen molar-refractivity contribution in [3.63, 3.8) is 0 Å². The van der Waals surface area contributed by atoms with Gasteiger partial charge >= 0.3 is 0 Å². The van der Waals surface area contributed by atoms with Crippen LogP contribution >= 0.6 is 11.6 Å². The van der Waals surface area contributed by atoms with Gasteiger partial charge in [-0.15, -0.1) is 0 Å². The molecule has 1 unspecified atom stereocenters. The average molecular weight is 263 g/mol. The number of benzene rings is 1. The van der Waals surface area contributed by atoms with Gasteiger partial charge in [-0.1, -0.05) is 50.6 Å². The van der Waals surface area contributed by atoms with Gasteiger partial charge in [-0.2, -0.15) is 0 Å². The molecule has 2 heteroatoms. The zero-order valence-electron chi connectivity index (χ0n) is 11.1. The topological polar surface area (TPSA) is 13.1 Å². The summed E-state index contributed by atoms with van der Waals surface area (Å²) in [7, 11) is 0. The van der Waals surface area contributed by atoms with Crippen LogP contribution < -0.4 is 0 Å². The molecule has 0 saturated heterocycles. The Morgan fingerprint density at radius 3 is 2.56 bits per heavy atom. The van der Waals surface area contributed by atoms with Crippen molar-refractivity contribution in [2.75, 3.05) is 0 Å². The first-order chi connectivity index (χ1) is 8.59. The van der Waals surface area contributed by atoms with Crippen LogP contribution in [0.2, 0.25) is 5.02 Å². The molecule has 0 bridgehead atoms. The summed E-state index contributed by atoms with van der Waals surface area (Å²) in [5.74, 6) is 0.880. The molecule has 96 valence electrons. The molecule has 0 N–H and O–H groups in total. The fourth-order valence-corrected chi connectivity index (χ4v) is 2.63. The summed E-state index contributed by atoms with van der Waals surface area (Å²) in [6.07, 6.45) is 4.47. The largest absolute Gasteiger partial charge is 0.472 e. The maximum absolute atomic E-state index is 6.49. The molecule has 0 fully saturated rings. The Labute approximate surface area is 114 Å². The first-order valence-corrected chi connectivity index (χ1v) is 6.76. The van der Waals surface area contributed by atoms with E-state index < -0.39 is 0 Å². The van der Waals surface area contributed by atoms with Crippen LogP contribution in [0.15, 0.2) is 41.2 Å². The lowest BCUT2D eigenvalue weighted by atomic mass is 9.93. The second-order valence-electron chi connectivity index (χ2n) is 5.14. The average Bonchev–Trinajstić information content (AvgIpc) is 2.85. The van der Waals surface area contributed by atoms with Crippen LogP contribution in [0.3, 0.4) is 0 Å². The highest BCUT2D eigenvalue weighted by Crippen LogP contribution is 2.31. The van der Waals surface area contributed by atoms with E-state index >= 15 is 0 Å². The Morgan fingerprint density at radius 2 is 1.94 bits per heavy atom.